The Morgan fingerprint density at radius 1 is 1.60 bits per heavy atom. The normalized spacial score (nSPS) is 10.9. The van der Waals surface area contributed by atoms with Crippen molar-refractivity contribution in [3.8, 4) is 0 Å². The number of unbranched alkanes of at least 4 members (excludes halogenated alkanes) is 1. The van der Waals surface area contributed by atoms with Crippen molar-refractivity contribution < 1.29 is 14.0 Å². The van der Waals surface area contributed by atoms with Gasteiger partial charge in [0.05, 0.1) is 0 Å². The molecule has 3 nitrogen and oxygen atoms in total. The second kappa shape index (κ2) is 8.84. The van der Waals surface area contributed by atoms with Crippen molar-refractivity contribution in [3.05, 3.63) is 12.7 Å². The highest BCUT2D eigenvalue weighted by atomic mass is 28.2. The molecule has 0 amide bonds. The fourth-order valence-corrected chi connectivity index (χ4v) is 0.677. The fraction of sp³-hybridized carbons (Fsp3) is 0.667. The summed E-state index contributed by atoms with van der Waals surface area (Å²) in [7, 11) is -1.27. The van der Waals surface area contributed by atoms with Crippen molar-refractivity contribution in [2.75, 3.05) is 13.4 Å². The van der Waals surface area contributed by atoms with E-state index in [2.05, 4.69) is 11.0 Å². The van der Waals surface area contributed by atoms with Crippen LogP contribution >= 0.6 is 0 Å². The molecule has 0 aromatic carbocycles. The average molecular weight is 162 g/mol. The molecule has 10 heavy (non-hydrogen) atoms. The number of hydrogen-bond donors (Lipinski definition) is 1. The third kappa shape index (κ3) is 7.84. The Bertz CT molecular complexity index is 77.4. The van der Waals surface area contributed by atoms with Gasteiger partial charge in [-0.05, 0) is 12.8 Å². The fourth-order valence-electron chi connectivity index (χ4n) is 0.485. The van der Waals surface area contributed by atoms with Gasteiger partial charge in [-0.25, -0.2) is 0 Å². The summed E-state index contributed by atoms with van der Waals surface area (Å²) in [5.41, 5.74) is 0. The topological polar surface area (TPSA) is 38.7 Å². The molecular weight excluding hydrogens is 148 g/mol. The Hall–Kier alpha value is -0.163. The first kappa shape index (κ1) is 9.84. The Morgan fingerprint density at radius 3 is 3.00 bits per heavy atom. The summed E-state index contributed by atoms with van der Waals surface area (Å²) in [6, 6.07) is 0. The quantitative estimate of drug-likeness (QED) is 0.246. The van der Waals surface area contributed by atoms with Crippen LogP contribution in [0.5, 0.6) is 0 Å². The monoisotopic (exact) mass is 162 g/mol. The molecule has 0 aromatic heterocycles. The summed E-state index contributed by atoms with van der Waals surface area (Å²) in [6.45, 7) is 4.49. The molecule has 1 N–H and O–H groups in total. The van der Waals surface area contributed by atoms with Crippen LogP contribution in [0.25, 0.3) is 0 Å². The van der Waals surface area contributed by atoms with Gasteiger partial charge >= 0.3 is 10.0 Å². The zero-order chi connectivity index (χ0) is 7.66. The number of hydrogen-bond acceptors (Lipinski definition) is 3. The highest BCUT2D eigenvalue weighted by molar-refractivity contribution is 6.15. The zero-order valence-corrected chi connectivity index (χ0v) is 7.50. The molecule has 0 bridgehead atoms. The van der Waals surface area contributed by atoms with Crippen LogP contribution in [0, 0.1) is 0 Å². The van der Waals surface area contributed by atoms with Crippen molar-refractivity contribution in [3.63, 3.8) is 0 Å². The third-order valence-corrected chi connectivity index (χ3v) is 1.30. The standard InChI is InChI=1S/C6H14O3Si/c1-2-3-4-5-8-6-9-10-7/h2,7H,1,3-6,10H2. The maximum Gasteiger partial charge on any atom is 0.303 e. The Labute approximate surface area is 63.7 Å². The Morgan fingerprint density at radius 2 is 2.40 bits per heavy atom. The average Bonchev–Trinajstić information content (AvgIpc) is 1.97. The SMILES string of the molecule is C=CCCCOCO[SiH2]O. The molecule has 0 aliphatic rings. The summed E-state index contributed by atoms with van der Waals surface area (Å²) in [4.78, 5) is 8.29. The molecular formula is C6H14O3Si. The molecule has 0 fully saturated rings. The van der Waals surface area contributed by atoms with Crippen LogP contribution in [0.1, 0.15) is 12.8 Å². The van der Waals surface area contributed by atoms with Crippen LogP contribution in [0.2, 0.25) is 0 Å². The summed E-state index contributed by atoms with van der Waals surface area (Å²) in [5.74, 6) is 0. The summed E-state index contributed by atoms with van der Waals surface area (Å²) in [6.07, 6.45) is 3.79. The molecule has 0 unspecified atom stereocenters. The Balaban J connectivity index is 2.70. The number of rotatable bonds is 7. The lowest BCUT2D eigenvalue weighted by Crippen LogP contribution is -2.04. The van der Waals surface area contributed by atoms with Crippen molar-refractivity contribution in [1.29, 1.82) is 0 Å². The summed E-state index contributed by atoms with van der Waals surface area (Å²) >= 11 is 0. The van der Waals surface area contributed by atoms with E-state index in [-0.39, 0.29) is 6.79 Å². The van der Waals surface area contributed by atoms with E-state index in [1.54, 1.807) is 0 Å². The predicted molar refractivity (Wildman–Crippen MR) is 42.1 cm³/mol. The van der Waals surface area contributed by atoms with Gasteiger partial charge in [-0.15, -0.1) is 6.58 Å². The van der Waals surface area contributed by atoms with E-state index in [1.807, 2.05) is 6.08 Å². The predicted octanol–water partition coefficient (Wildman–Crippen LogP) is -0.0656. The van der Waals surface area contributed by atoms with E-state index in [1.165, 1.54) is 0 Å². The lowest BCUT2D eigenvalue weighted by atomic mass is 10.3. The maximum atomic E-state index is 8.29. The van der Waals surface area contributed by atoms with Crippen molar-refractivity contribution in [2.45, 2.75) is 12.8 Å². The van der Waals surface area contributed by atoms with Crippen molar-refractivity contribution >= 4 is 10.0 Å². The molecule has 0 radical (unpaired) electrons. The summed E-state index contributed by atoms with van der Waals surface area (Å²) in [5, 5.41) is 0. The first-order chi connectivity index (χ1) is 4.91. The van der Waals surface area contributed by atoms with Gasteiger partial charge in [0, 0.05) is 6.61 Å². The smallest absolute Gasteiger partial charge is 0.303 e. The third-order valence-electron chi connectivity index (χ3n) is 0.955. The molecule has 0 aliphatic carbocycles. The molecule has 0 saturated carbocycles. The molecule has 60 valence electrons. The highest BCUT2D eigenvalue weighted by Crippen LogP contribution is 1.89. The van der Waals surface area contributed by atoms with Crippen molar-refractivity contribution in [1.82, 2.24) is 0 Å². The van der Waals surface area contributed by atoms with Gasteiger partial charge in [0.2, 0.25) is 0 Å². The second-order valence-corrected chi connectivity index (χ2v) is 2.46. The zero-order valence-electron chi connectivity index (χ0n) is 6.08. The Kier molecular flexibility index (Phi) is 8.69. The first-order valence-electron chi connectivity index (χ1n) is 3.29. The molecule has 0 spiro atoms. The minimum Gasteiger partial charge on any atom is -0.415 e. The molecule has 0 atom stereocenters. The second-order valence-electron chi connectivity index (χ2n) is 1.79. The van der Waals surface area contributed by atoms with Gasteiger partial charge in [0.1, 0.15) is 6.79 Å². The summed E-state index contributed by atoms with van der Waals surface area (Å²) < 4.78 is 9.64. The molecule has 0 saturated heterocycles. The van der Waals surface area contributed by atoms with Gasteiger partial charge in [0.25, 0.3) is 0 Å². The van der Waals surface area contributed by atoms with Crippen LogP contribution in [0.4, 0.5) is 0 Å². The highest BCUT2D eigenvalue weighted by Gasteiger charge is 1.85. The van der Waals surface area contributed by atoms with E-state index < -0.39 is 10.0 Å². The number of ether oxygens (including phenoxy) is 1. The number of allylic oxidation sites excluding steroid dienone is 1. The maximum absolute atomic E-state index is 8.29. The molecule has 0 heterocycles. The largest absolute Gasteiger partial charge is 0.415 e. The minimum absolute atomic E-state index is 0.236. The molecule has 0 aliphatic heterocycles. The van der Waals surface area contributed by atoms with Gasteiger partial charge in [-0.1, -0.05) is 6.08 Å². The van der Waals surface area contributed by atoms with Crippen molar-refractivity contribution in [2.24, 2.45) is 0 Å². The minimum atomic E-state index is -1.27. The molecule has 0 rings (SSSR count). The van der Waals surface area contributed by atoms with Crippen LogP contribution in [0.3, 0.4) is 0 Å². The van der Waals surface area contributed by atoms with Crippen LogP contribution in [-0.2, 0) is 9.16 Å². The van der Waals surface area contributed by atoms with E-state index in [0.29, 0.717) is 6.61 Å². The first-order valence-corrected chi connectivity index (χ1v) is 4.50. The lowest BCUT2D eigenvalue weighted by molar-refractivity contribution is 0.00855. The van der Waals surface area contributed by atoms with E-state index in [9.17, 15) is 0 Å². The van der Waals surface area contributed by atoms with E-state index >= 15 is 0 Å². The molecule has 4 heteroatoms. The van der Waals surface area contributed by atoms with E-state index in [4.69, 9.17) is 9.53 Å². The van der Waals surface area contributed by atoms with Gasteiger partial charge in [0.15, 0.2) is 0 Å². The van der Waals surface area contributed by atoms with E-state index in [0.717, 1.165) is 12.8 Å². The van der Waals surface area contributed by atoms with Crippen LogP contribution in [-0.4, -0.2) is 28.2 Å². The van der Waals surface area contributed by atoms with Crippen LogP contribution < -0.4 is 0 Å². The van der Waals surface area contributed by atoms with Gasteiger partial charge < -0.3 is 14.0 Å². The lowest BCUT2D eigenvalue weighted by Gasteiger charge is -2.00. The van der Waals surface area contributed by atoms with Gasteiger partial charge in [-0.3, -0.25) is 0 Å². The van der Waals surface area contributed by atoms with Gasteiger partial charge in [-0.2, -0.15) is 0 Å². The van der Waals surface area contributed by atoms with Crippen LogP contribution in [0.15, 0.2) is 12.7 Å². The molecule has 0 aromatic rings.